The van der Waals surface area contributed by atoms with Crippen molar-refractivity contribution in [3.63, 3.8) is 0 Å². The van der Waals surface area contributed by atoms with Gasteiger partial charge >= 0.3 is 6.03 Å². The first-order chi connectivity index (χ1) is 13.2. The van der Waals surface area contributed by atoms with Gasteiger partial charge in [0.2, 0.25) is 5.13 Å². The van der Waals surface area contributed by atoms with Crippen LogP contribution in [-0.4, -0.2) is 57.5 Å². The molecule has 9 nitrogen and oxygen atoms in total. The van der Waals surface area contributed by atoms with E-state index in [-0.39, 0.29) is 11.6 Å². The van der Waals surface area contributed by atoms with Crippen molar-refractivity contribution in [2.45, 2.75) is 38.0 Å². The Labute approximate surface area is 160 Å². The van der Waals surface area contributed by atoms with Crippen LogP contribution in [0.15, 0.2) is 16.9 Å². The Morgan fingerprint density at radius 2 is 1.89 bits per heavy atom. The Morgan fingerprint density at radius 3 is 2.59 bits per heavy atom. The number of nitrogens with zero attached hydrogens (tertiary/aromatic N) is 5. The summed E-state index contributed by atoms with van der Waals surface area (Å²) in [5, 5.41) is 19.4. The summed E-state index contributed by atoms with van der Waals surface area (Å²) in [7, 11) is 0. The van der Waals surface area contributed by atoms with Gasteiger partial charge in [0, 0.05) is 38.2 Å². The number of hydrogen-bond acceptors (Lipinski definition) is 7. The van der Waals surface area contributed by atoms with Crippen molar-refractivity contribution >= 4 is 28.3 Å². The SMILES string of the molecule is O=C(Nc1nnc(C2CCCCC2)s1)N1CCN(c2ccc(=O)[nH]n2)CC1. The summed E-state index contributed by atoms with van der Waals surface area (Å²) in [6.45, 7) is 2.49. The van der Waals surface area contributed by atoms with Gasteiger partial charge in [-0.05, 0) is 18.9 Å². The molecule has 2 aromatic heterocycles. The Balaban J connectivity index is 1.30. The number of aromatic nitrogens is 4. The van der Waals surface area contributed by atoms with E-state index in [1.807, 2.05) is 4.90 Å². The second-order valence-electron chi connectivity index (χ2n) is 6.96. The van der Waals surface area contributed by atoms with Crippen molar-refractivity contribution in [1.29, 1.82) is 0 Å². The molecule has 0 aromatic carbocycles. The van der Waals surface area contributed by atoms with Crippen molar-refractivity contribution in [2.24, 2.45) is 0 Å². The molecule has 2 aromatic rings. The van der Waals surface area contributed by atoms with Gasteiger partial charge in [0.05, 0.1) is 0 Å². The van der Waals surface area contributed by atoms with Crippen LogP contribution in [-0.2, 0) is 0 Å². The van der Waals surface area contributed by atoms with Crippen molar-refractivity contribution in [3.05, 3.63) is 27.5 Å². The molecule has 3 heterocycles. The van der Waals surface area contributed by atoms with Crippen LogP contribution in [0.5, 0.6) is 0 Å². The molecule has 1 saturated heterocycles. The molecule has 1 aliphatic carbocycles. The second kappa shape index (κ2) is 8.03. The Kier molecular flexibility index (Phi) is 5.33. The number of amides is 2. The summed E-state index contributed by atoms with van der Waals surface area (Å²) in [6, 6.07) is 3.01. The van der Waals surface area contributed by atoms with Crippen molar-refractivity contribution in [1.82, 2.24) is 25.3 Å². The predicted molar refractivity (Wildman–Crippen MR) is 103 cm³/mol. The number of piperazine rings is 1. The smallest absolute Gasteiger partial charge is 0.323 e. The maximum atomic E-state index is 12.5. The molecule has 0 radical (unpaired) electrons. The zero-order valence-corrected chi connectivity index (χ0v) is 15.9. The first-order valence-corrected chi connectivity index (χ1v) is 10.2. The minimum Gasteiger partial charge on any atom is -0.352 e. The van der Waals surface area contributed by atoms with Crippen molar-refractivity contribution in [3.8, 4) is 0 Å². The van der Waals surface area contributed by atoms with Crippen molar-refractivity contribution < 1.29 is 4.79 Å². The predicted octanol–water partition coefficient (Wildman–Crippen LogP) is 2.02. The highest BCUT2D eigenvalue weighted by Gasteiger charge is 2.24. The number of hydrogen-bond donors (Lipinski definition) is 2. The highest BCUT2D eigenvalue weighted by molar-refractivity contribution is 7.15. The fraction of sp³-hybridized carbons (Fsp3) is 0.588. The summed E-state index contributed by atoms with van der Waals surface area (Å²) in [6.07, 6.45) is 6.15. The third-order valence-electron chi connectivity index (χ3n) is 5.16. The van der Waals surface area contributed by atoms with E-state index in [1.54, 1.807) is 11.0 Å². The van der Waals surface area contributed by atoms with E-state index in [4.69, 9.17) is 0 Å². The number of aromatic amines is 1. The van der Waals surface area contributed by atoms with E-state index in [1.165, 1.54) is 49.5 Å². The van der Waals surface area contributed by atoms with Crippen molar-refractivity contribution in [2.75, 3.05) is 36.4 Å². The average Bonchev–Trinajstić information content (AvgIpc) is 3.18. The average molecular weight is 389 g/mol. The van der Waals surface area contributed by atoms with E-state index in [2.05, 4.69) is 25.7 Å². The molecule has 2 amide bonds. The van der Waals surface area contributed by atoms with E-state index in [0.29, 0.717) is 37.2 Å². The highest BCUT2D eigenvalue weighted by atomic mass is 32.1. The summed E-state index contributed by atoms with van der Waals surface area (Å²) in [5.74, 6) is 1.21. The minimum absolute atomic E-state index is 0.143. The first-order valence-electron chi connectivity index (χ1n) is 9.39. The van der Waals surface area contributed by atoms with Crippen LogP contribution in [0.2, 0.25) is 0 Å². The largest absolute Gasteiger partial charge is 0.352 e. The fourth-order valence-electron chi connectivity index (χ4n) is 3.62. The minimum atomic E-state index is -0.221. The van der Waals surface area contributed by atoms with E-state index < -0.39 is 0 Å². The van der Waals surface area contributed by atoms with Crippen LogP contribution in [0.1, 0.15) is 43.0 Å². The van der Waals surface area contributed by atoms with Gasteiger partial charge in [-0.1, -0.05) is 30.6 Å². The third kappa shape index (κ3) is 4.26. The lowest BCUT2D eigenvalue weighted by Gasteiger charge is -2.34. The normalized spacial score (nSPS) is 18.5. The van der Waals surface area contributed by atoms with E-state index in [0.717, 1.165) is 10.8 Å². The lowest BCUT2D eigenvalue weighted by molar-refractivity contribution is 0.208. The molecule has 2 fully saturated rings. The molecule has 144 valence electrons. The number of carbonyl (C=O) groups excluding carboxylic acids is 1. The maximum absolute atomic E-state index is 12.5. The summed E-state index contributed by atoms with van der Waals surface area (Å²) in [5.41, 5.74) is -0.221. The molecule has 1 aliphatic heterocycles. The van der Waals surface area contributed by atoms with Crippen LogP contribution in [0.3, 0.4) is 0 Å². The molecule has 0 unspecified atom stereocenters. The van der Waals surface area contributed by atoms with Gasteiger partial charge in [-0.15, -0.1) is 10.2 Å². The topological polar surface area (TPSA) is 107 Å². The number of urea groups is 1. The zero-order valence-electron chi connectivity index (χ0n) is 15.1. The zero-order chi connectivity index (χ0) is 18.6. The highest BCUT2D eigenvalue weighted by Crippen LogP contribution is 2.35. The van der Waals surface area contributed by atoms with Gasteiger partial charge in [-0.25, -0.2) is 9.89 Å². The number of carbonyl (C=O) groups is 1. The summed E-state index contributed by atoms with van der Waals surface area (Å²) >= 11 is 1.50. The Bertz CT molecular complexity index is 817. The summed E-state index contributed by atoms with van der Waals surface area (Å²) < 4.78 is 0. The van der Waals surface area contributed by atoms with Gasteiger partial charge in [0.15, 0.2) is 0 Å². The molecule has 10 heteroatoms. The third-order valence-corrected chi connectivity index (χ3v) is 6.17. The number of rotatable bonds is 3. The van der Waals surface area contributed by atoms with Gasteiger partial charge in [-0.2, -0.15) is 5.10 Å². The molecule has 0 bridgehead atoms. The monoisotopic (exact) mass is 389 g/mol. The molecule has 1 saturated carbocycles. The number of H-pyrrole nitrogens is 1. The molecular weight excluding hydrogens is 366 g/mol. The molecular formula is C17H23N7O2S. The number of anilines is 2. The maximum Gasteiger partial charge on any atom is 0.323 e. The van der Waals surface area contributed by atoms with Crippen LogP contribution < -0.4 is 15.8 Å². The van der Waals surface area contributed by atoms with Crippen LogP contribution in [0.25, 0.3) is 0 Å². The lowest BCUT2D eigenvalue weighted by atomic mass is 9.90. The van der Waals surface area contributed by atoms with E-state index in [9.17, 15) is 9.59 Å². The van der Waals surface area contributed by atoms with Crippen LogP contribution >= 0.6 is 11.3 Å². The molecule has 2 N–H and O–H groups in total. The molecule has 0 atom stereocenters. The summed E-state index contributed by atoms with van der Waals surface area (Å²) in [4.78, 5) is 27.4. The second-order valence-corrected chi connectivity index (χ2v) is 7.97. The Hall–Kier alpha value is -2.49. The van der Waals surface area contributed by atoms with Gasteiger partial charge < -0.3 is 9.80 Å². The lowest BCUT2D eigenvalue weighted by Crippen LogP contribution is -2.50. The fourth-order valence-corrected chi connectivity index (χ4v) is 4.52. The van der Waals surface area contributed by atoms with Gasteiger partial charge in [0.1, 0.15) is 10.8 Å². The van der Waals surface area contributed by atoms with Gasteiger partial charge in [-0.3, -0.25) is 10.1 Å². The first kappa shape index (κ1) is 17.9. The number of nitrogens with one attached hydrogen (secondary N) is 2. The van der Waals surface area contributed by atoms with Gasteiger partial charge in [0.25, 0.3) is 5.56 Å². The standard InChI is InChI=1S/C17H23N7O2S/c25-14-7-6-13(19-20-14)23-8-10-24(11-9-23)17(26)18-16-22-21-15(27-16)12-4-2-1-3-5-12/h6-7,12H,1-5,8-11H2,(H,20,25)(H,18,22,26). The molecule has 27 heavy (non-hydrogen) atoms. The quantitative estimate of drug-likeness (QED) is 0.832. The van der Waals surface area contributed by atoms with E-state index >= 15 is 0 Å². The molecule has 2 aliphatic rings. The van der Waals surface area contributed by atoms with Crippen LogP contribution in [0.4, 0.5) is 15.7 Å². The molecule has 0 spiro atoms. The molecule has 4 rings (SSSR count). The van der Waals surface area contributed by atoms with Crippen LogP contribution in [0, 0.1) is 0 Å². The Morgan fingerprint density at radius 1 is 1.11 bits per heavy atom.